The molecule has 1 aromatic rings. The lowest BCUT2D eigenvalue weighted by Gasteiger charge is -2.02. The number of rotatable bonds is 3. The molecule has 1 aliphatic rings. The van der Waals surface area contributed by atoms with Crippen molar-refractivity contribution in [1.82, 2.24) is 9.71 Å². The van der Waals surface area contributed by atoms with E-state index in [9.17, 15) is 8.42 Å². The van der Waals surface area contributed by atoms with Crippen molar-refractivity contribution >= 4 is 10.0 Å². The fraction of sp³-hybridized carbons (Fsp3) is 0.375. The Bertz CT molecular complexity index is 384. The highest BCUT2D eigenvalue weighted by molar-refractivity contribution is 7.89. The van der Waals surface area contributed by atoms with E-state index < -0.39 is 10.0 Å². The summed E-state index contributed by atoms with van der Waals surface area (Å²) in [6.45, 7) is 0. The van der Waals surface area contributed by atoms with E-state index in [4.69, 9.17) is 0 Å². The van der Waals surface area contributed by atoms with Gasteiger partial charge in [0.15, 0.2) is 5.03 Å². The molecule has 13 heavy (non-hydrogen) atoms. The van der Waals surface area contributed by atoms with Crippen LogP contribution in [-0.2, 0) is 10.0 Å². The van der Waals surface area contributed by atoms with Crippen LogP contribution in [0.4, 0.5) is 0 Å². The third-order valence-corrected chi connectivity index (χ3v) is 3.25. The van der Waals surface area contributed by atoms with Gasteiger partial charge in [-0.3, -0.25) is 0 Å². The molecule has 1 aromatic heterocycles. The highest BCUT2D eigenvalue weighted by Crippen LogP contribution is 2.21. The second-order valence-electron chi connectivity index (χ2n) is 3.06. The maximum atomic E-state index is 11.5. The van der Waals surface area contributed by atoms with Gasteiger partial charge in [-0.25, -0.2) is 18.1 Å². The van der Waals surface area contributed by atoms with E-state index in [-0.39, 0.29) is 11.1 Å². The Morgan fingerprint density at radius 2 is 2.15 bits per heavy atom. The van der Waals surface area contributed by atoms with Gasteiger partial charge in [-0.1, -0.05) is 6.07 Å². The number of aromatic nitrogens is 1. The van der Waals surface area contributed by atoms with Gasteiger partial charge in [0, 0.05) is 12.2 Å². The monoisotopic (exact) mass is 198 g/mol. The third-order valence-electron chi connectivity index (χ3n) is 1.81. The molecule has 1 aliphatic carbocycles. The largest absolute Gasteiger partial charge is 0.258 e. The van der Waals surface area contributed by atoms with Gasteiger partial charge in [-0.15, -0.1) is 0 Å². The first kappa shape index (κ1) is 8.65. The number of hydrogen-bond acceptors (Lipinski definition) is 3. The zero-order valence-electron chi connectivity index (χ0n) is 6.97. The minimum atomic E-state index is -3.36. The van der Waals surface area contributed by atoms with Crippen molar-refractivity contribution in [3.8, 4) is 0 Å². The van der Waals surface area contributed by atoms with E-state index in [0.29, 0.717) is 0 Å². The van der Waals surface area contributed by atoms with E-state index in [0.717, 1.165) is 12.8 Å². The Labute approximate surface area is 77.1 Å². The highest BCUT2D eigenvalue weighted by Gasteiger charge is 2.28. The van der Waals surface area contributed by atoms with Gasteiger partial charge in [0.1, 0.15) is 0 Å². The molecule has 1 saturated carbocycles. The van der Waals surface area contributed by atoms with Gasteiger partial charge < -0.3 is 0 Å². The summed E-state index contributed by atoms with van der Waals surface area (Å²) in [5, 5.41) is 0.0990. The van der Waals surface area contributed by atoms with Crippen LogP contribution < -0.4 is 4.72 Å². The van der Waals surface area contributed by atoms with Crippen molar-refractivity contribution in [1.29, 1.82) is 0 Å². The minimum Gasteiger partial charge on any atom is -0.243 e. The molecule has 0 radical (unpaired) electrons. The SMILES string of the molecule is O=S(=O)(NC1CC1)c1ccccn1. The lowest BCUT2D eigenvalue weighted by atomic mass is 10.5. The van der Waals surface area contributed by atoms with Crippen LogP contribution in [0.15, 0.2) is 29.4 Å². The first-order valence-corrected chi connectivity index (χ1v) is 5.60. The van der Waals surface area contributed by atoms with E-state index >= 15 is 0 Å². The highest BCUT2D eigenvalue weighted by atomic mass is 32.2. The van der Waals surface area contributed by atoms with Crippen molar-refractivity contribution in [2.75, 3.05) is 0 Å². The van der Waals surface area contributed by atoms with Gasteiger partial charge in [-0.05, 0) is 25.0 Å². The first-order chi connectivity index (χ1) is 6.18. The molecule has 5 heteroatoms. The molecular formula is C8H10N2O2S. The Morgan fingerprint density at radius 3 is 2.69 bits per heavy atom. The average Bonchev–Trinajstić information content (AvgIpc) is 2.89. The number of hydrogen-bond donors (Lipinski definition) is 1. The summed E-state index contributed by atoms with van der Waals surface area (Å²) in [6, 6.07) is 4.97. The average molecular weight is 198 g/mol. The Balaban J connectivity index is 2.23. The smallest absolute Gasteiger partial charge is 0.243 e. The number of pyridine rings is 1. The molecule has 2 rings (SSSR count). The summed E-state index contributed by atoms with van der Waals surface area (Å²) in [5.41, 5.74) is 0. The minimum absolute atomic E-state index is 0.0990. The summed E-state index contributed by atoms with van der Waals surface area (Å²) in [7, 11) is -3.36. The summed E-state index contributed by atoms with van der Waals surface area (Å²) in [5.74, 6) is 0. The van der Waals surface area contributed by atoms with E-state index in [1.165, 1.54) is 12.3 Å². The summed E-state index contributed by atoms with van der Waals surface area (Å²) in [6.07, 6.45) is 3.35. The van der Waals surface area contributed by atoms with Crippen LogP contribution in [-0.4, -0.2) is 19.4 Å². The van der Waals surface area contributed by atoms with Crippen molar-refractivity contribution in [3.05, 3.63) is 24.4 Å². The van der Waals surface area contributed by atoms with E-state index in [2.05, 4.69) is 9.71 Å². The molecule has 4 nitrogen and oxygen atoms in total. The number of nitrogens with zero attached hydrogens (tertiary/aromatic N) is 1. The van der Waals surface area contributed by atoms with Crippen LogP contribution in [0.3, 0.4) is 0 Å². The van der Waals surface area contributed by atoms with Crippen molar-refractivity contribution < 1.29 is 8.42 Å². The van der Waals surface area contributed by atoms with Crippen LogP contribution in [0.2, 0.25) is 0 Å². The van der Waals surface area contributed by atoms with E-state index in [1.54, 1.807) is 12.1 Å². The second kappa shape index (κ2) is 3.08. The quantitative estimate of drug-likeness (QED) is 0.770. The molecule has 0 saturated heterocycles. The van der Waals surface area contributed by atoms with Crippen LogP contribution in [0, 0.1) is 0 Å². The van der Waals surface area contributed by atoms with Gasteiger partial charge in [-0.2, -0.15) is 0 Å². The molecule has 0 atom stereocenters. The normalized spacial score (nSPS) is 17.2. The van der Waals surface area contributed by atoms with Gasteiger partial charge in [0.25, 0.3) is 10.0 Å². The van der Waals surface area contributed by atoms with Gasteiger partial charge in [0.05, 0.1) is 0 Å². The fourth-order valence-corrected chi connectivity index (χ4v) is 2.24. The second-order valence-corrected chi connectivity index (χ2v) is 4.72. The Kier molecular flexibility index (Phi) is 2.05. The number of sulfonamides is 1. The standard InChI is InChI=1S/C8H10N2O2S/c11-13(12,10-7-4-5-7)8-3-1-2-6-9-8/h1-3,6-7,10H,4-5H2. The molecule has 0 bridgehead atoms. The summed E-state index contributed by atoms with van der Waals surface area (Å²) < 4.78 is 25.6. The number of nitrogens with one attached hydrogen (secondary N) is 1. The van der Waals surface area contributed by atoms with Crippen molar-refractivity contribution in [2.45, 2.75) is 23.9 Å². The predicted octanol–water partition coefficient (Wildman–Crippen LogP) is 0.522. The van der Waals surface area contributed by atoms with Crippen LogP contribution in [0.1, 0.15) is 12.8 Å². The lowest BCUT2D eigenvalue weighted by molar-refractivity contribution is 0.577. The Hall–Kier alpha value is -0.940. The molecule has 0 aromatic carbocycles. The Morgan fingerprint density at radius 1 is 1.38 bits per heavy atom. The van der Waals surface area contributed by atoms with Crippen LogP contribution >= 0.6 is 0 Å². The van der Waals surface area contributed by atoms with Crippen LogP contribution in [0.25, 0.3) is 0 Å². The molecule has 0 amide bonds. The maximum Gasteiger partial charge on any atom is 0.258 e. The predicted molar refractivity (Wildman–Crippen MR) is 47.6 cm³/mol. The lowest BCUT2D eigenvalue weighted by Crippen LogP contribution is -2.26. The fourth-order valence-electron chi connectivity index (χ4n) is 0.987. The van der Waals surface area contributed by atoms with Crippen molar-refractivity contribution in [3.63, 3.8) is 0 Å². The van der Waals surface area contributed by atoms with Crippen molar-refractivity contribution in [2.24, 2.45) is 0 Å². The summed E-state index contributed by atoms with van der Waals surface area (Å²) >= 11 is 0. The molecule has 1 fully saturated rings. The summed E-state index contributed by atoms with van der Waals surface area (Å²) in [4.78, 5) is 3.78. The molecule has 0 unspecified atom stereocenters. The maximum absolute atomic E-state index is 11.5. The zero-order chi connectivity index (χ0) is 9.31. The first-order valence-electron chi connectivity index (χ1n) is 4.12. The molecule has 0 spiro atoms. The van der Waals surface area contributed by atoms with Gasteiger partial charge in [0.2, 0.25) is 0 Å². The van der Waals surface area contributed by atoms with Crippen LogP contribution in [0.5, 0.6) is 0 Å². The topological polar surface area (TPSA) is 59.1 Å². The zero-order valence-corrected chi connectivity index (χ0v) is 7.79. The molecule has 1 N–H and O–H groups in total. The third kappa shape index (κ3) is 2.05. The van der Waals surface area contributed by atoms with Gasteiger partial charge >= 0.3 is 0 Å². The molecule has 0 aliphatic heterocycles. The molecule has 1 heterocycles. The van der Waals surface area contributed by atoms with E-state index in [1.807, 2.05) is 0 Å². The molecular weight excluding hydrogens is 188 g/mol. The molecule has 70 valence electrons.